The number of ether oxygens (including phenoxy) is 2. The zero-order valence-corrected chi connectivity index (χ0v) is 17.1. The molecule has 0 unspecified atom stereocenters. The van der Waals surface area contributed by atoms with Crippen LogP contribution in [0.15, 0.2) is 94.2 Å². The first-order chi connectivity index (χ1) is 14.1. The fourth-order valence-electron chi connectivity index (χ4n) is 3.21. The molecular formula is C23H23NO4S. The molecule has 0 atom stereocenters. The number of hydrogen-bond acceptors (Lipinski definition) is 5. The second kappa shape index (κ2) is 8.17. The fraction of sp³-hybridized carbons (Fsp3) is 0.217. The lowest BCUT2D eigenvalue weighted by atomic mass is 10.1. The lowest BCUT2D eigenvalue weighted by Gasteiger charge is -2.20. The Balaban J connectivity index is 1.49. The summed E-state index contributed by atoms with van der Waals surface area (Å²) >= 11 is 0. The van der Waals surface area contributed by atoms with E-state index in [1.54, 1.807) is 36.4 Å². The second-order valence-electron chi connectivity index (χ2n) is 6.92. The van der Waals surface area contributed by atoms with Crippen molar-refractivity contribution in [2.24, 2.45) is 0 Å². The molecular weight excluding hydrogens is 386 g/mol. The van der Waals surface area contributed by atoms with E-state index in [4.69, 9.17) is 9.47 Å². The molecule has 0 saturated carbocycles. The number of fused-ring (bicyclic) bond motifs is 1. The summed E-state index contributed by atoms with van der Waals surface area (Å²) in [5, 5.41) is 0. The van der Waals surface area contributed by atoms with Crippen LogP contribution < -0.4 is 4.74 Å². The SMILES string of the molecule is CCCOc1cccc(S(=O)(=O)c2ccc(CN3C=CC4=CCOC4=C3)cc2)c1. The highest BCUT2D eigenvalue weighted by Crippen LogP contribution is 2.27. The molecule has 0 saturated heterocycles. The minimum atomic E-state index is -3.60. The van der Waals surface area contributed by atoms with Crippen molar-refractivity contribution in [2.45, 2.75) is 29.7 Å². The molecule has 6 heteroatoms. The number of nitrogens with zero attached hydrogens (tertiary/aromatic N) is 1. The number of allylic oxidation sites excluding steroid dienone is 1. The first-order valence-corrected chi connectivity index (χ1v) is 11.1. The Kier molecular flexibility index (Phi) is 5.45. The summed E-state index contributed by atoms with van der Waals surface area (Å²) in [5.41, 5.74) is 2.11. The lowest BCUT2D eigenvalue weighted by Crippen LogP contribution is -2.13. The van der Waals surface area contributed by atoms with Crippen molar-refractivity contribution in [2.75, 3.05) is 13.2 Å². The third kappa shape index (κ3) is 4.22. The summed E-state index contributed by atoms with van der Waals surface area (Å²) < 4.78 is 37.1. The van der Waals surface area contributed by atoms with E-state index in [-0.39, 0.29) is 9.79 Å². The molecule has 5 nitrogen and oxygen atoms in total. The highest BCUT2D eigenvalue weighted by atomic mass is 32.2. The van der Waals surface area contributed by atoms with Crippen LogP contribution in [0, 0.1) is 0 Å². The highest BCUT2D eigenvalue weighted by molar-refractivity contribution is 7.91. The summed E-state index contributed by atoms with van der Waals surface area (Å²) in [7, 11) is -3.60. The van der Waals surface area contributed by atoms with Crippen LogP contribution in [-0.4, -0.2) is 26.5 Å². The predicted octanol–water partition coefficient (Wildman–Crippen LogP) is 4.44. The van der Waals surface area contributed by atoms with E-state index in [0.717, 1.165) is 23.3 Å². The van der Waals surface area contributed by atoms with Crippen molar-refractivity contribution in [3.63, 3.8) is 0 Å². The summed E-state index contributed by atoms with van der Waals surface area (Å²) in [6.45, 7) is 3.81. The van der Waals surface area contributed by atoms with Gasteiger partial charge in [0.15, 0.2) is 0 Å². The molecule has 0 aliphatic carbocycles. The summed E-state index contributed by atoms with van der Waals surface area (Å²) in [6.07, 6.45) is 8.89. The Hall–Kier alpha value is -2.99. The average Bonchev–Trinajstić information content (AvgIpc) is 3.21. The van der Waals surface area contributed by atoms with Gasteiger partial charge < -0.3 is 14.4 Å². The molecule has 4 rings (SSSR count). The van der Waals surface area contributed by atoms with Crippen LogP contribution in [0.4, 0.5) is 0 Å². The quantitative estimate of drug-likeness (QED) is 0.677. The molecule has 150 valence electrons. The van der Waals surface area contributed by atoms with Gasteiger partial charge in [-0.25, -0.2) is 8.42 Å². The molecule has 0 N–H and O–H groups in total. The largest absolute Gasteiger partial charge is 0.494 e. The number of benzene rings is 2. The Labute approximate surface area is 171 Å². The van der Waals surface area contributed by atoms with Crippen LogP contribution in [-0.2, 0) is 21.1 Å². The number of sulfone groups is 1. The van der Waals surface area contributed by atoms with Crippen LogP contribution in [0.3, 0.4) is 0 Å². The third-order valence-corrected chi connectivity index (χ3v) is 6.51. The summed E-state index contributed by atoms with van der Waals surface area (Å²) in [6, 6.07) is 13.7. The third-order valence-electron chi connectivity index (χ3n) is 4.74. The molecule has 0 radical (unpaired) electrons. The molecule has 0 aromatic heterocycles. The van der Waals surface area contributed by atoms with Gasteiger partial charge in [-0.2, -0.15) is 0 Å². The van der Waals surface area contributed by atoms with E-state index in [2.05, 4.69) is 0 Å². The first-order valence-electron chi connectivity index (χ1n) is 9.62. The zero-order chi connectivity index (χ0) is 20.3. The fourth-order valence-corrected chi connectivity index (χ4v) is 4.50. The average molecular weight is 410 g/mol. The Morgan fingerprint density at radius 3 is 2.72 bits per heavy atom. The molecule has 2 aromatic carbocycles. The molecule has 29 heavy (non-hydrogen) atoms. The van der Waals surface area contributed by atoms with Gasteiger partial charge in [-0.1, -0.05) is 25.1 Å². The number of hydrogen-bond donors (Lipinski definition) is 0. The van der Waals surface area contributed by atoms with Crippen molar-refractivity contribution in [3.05, 3.63) is 90.0 Å². The van der Waals surface area contributed by atoms with E-state index in [1.165, 1.54) is 0 Å². The predicted molar refractivity (Wildman–Crippen MR) is 111 cm³/mol. The smallest absolute Gasteiger partial charge is 0.206 e. The topological polar surface area (TPSA) is 55.8 Å². The molecule has 0 fully saturated rings. The molecule has 2 aliphatic rings. The second-order valence-corrected chi connectivity index (χ2v) is 8.87. The lowest BCUT2D eigenvalue weighted by molar-refractivity contribution is 0.265. The summed E-state index contributed by atoms with van der Waals surface area (Å²) in [4.78, 5) is 2.53. The normalized spacial score (nSPS) is 15.4. The molecule has 0 spiro atoms. The molecule has 2 aliphatic heterocycles. The van der Waals surface area contributed by atoms with E-state index >= 15 is 0 Å². The van der Waals surface area contributed by atoms with Gasteiger partial charge in [-0.15, -0.1) is 0 Å². The minimum absolute atomic E-state index is 0.236. The molecule has 2 heterocycles. The van der Waals surface area contributed by atoms with Crippen molar-refractivity contribution in [3.8, 4) is 5.75 Å². The van der Waals surface area contributed by atoms with Gasteiger partial charge in [-0.05, 0) is 54.5 Å². The Morgan fingerprint density at radius 1 is 1.10 bits per heavy atom. The van der Waals surface area contributed by atoms with Gasteiger partial charge in [0.25, 0.3) is 0 Å². The maximum absolute atomic E-state index is 13.0. The van der Waals surface area contributed by atoms with Gasteiger partial charge in [-0.3, -0.25) is 0 Å². The van der Waals surface area contributed by atoms with Crippen LogP contribution in [0.2, 0.25) is 0 Å². The standard InChI is InChI=1S/C23H23NO4S/c1-2-13-27-20-4-3-5-22(15-20)29(25,26)21-8-6-18(7-9-21)16-24-12-10-19-11-14-28-23(19)17-24/h3-12,15,17H,2,13-14,16H2,1H3. The van der Waals surface area contributed by atoms with Gasteiger partial charge in [0, 0.05) is 24.5 Å². The van der Waals surface area contributed by atoms with Crippen molar-refractivity contribution < 1.29 is 17.9 Å². The summed E-state index contributed by atoms with van der Waals surface area (Å²) in [5.74, 6) is 1.44. The van der Waals surface area contributed by atoms with Gasteiger partial charge >= 0.3 is 0 Å². The maximum Gasteiger partial charge on any atom is 0.206 e. The van der Waals surface area contributed by atoms with Gasteiger partial charge in [0.2, 0.25) is 9.84 Å². The van der Waals surface area contributed by atoms with Crippen molar-refractivity contribution in [1.29, 1.82) is 0 Å². The van der Waals surface area contributed by atoms with Crippen molar-refractivity contribution >= 4 is 9.84 Å². The first kappa shape index (κ1) is 19.3. The zero-order valence-electron chi connectivity index (χ0n) is 16.2. The van der Waals surface area contributed by atoms with E-state index in [9.17, 15) is 8.42 Å². The van der Waals surface area contributed by atoms with E-state index in [1.807, 2.05) is 48.5 Å². The van der Waals surface area contributed by atoms with E-state index in [0.29, 0.717) is 25.5 Å². The molecule has 0 amide bonds. The van der Waals surface area contributed by atoms with Crippen LogP contribution in [0.1, 0.15) is 18.9 Å². The Morgan fingerprint density at radius 2 is 1.93 bits per heavy atom. The number of rotatable bonds is 7. The van der Waals surface area contributed by atoms with Gasteiger partial charge in [0.1, 0.15) is 18.1 Å². The van der Waals surface area contributed by atoms with Crippen LogP contribution in [0.25, 0.3) is 0 Å². The maximum atomic E-state index is 13.0. The highest BCUT2D eigenvalue weighted by Gasteiger charge is 2.19. The monoisotopic (exact) mass is 409 g/mol. The molecule has 0 bridgehead atoms. The minimum Gasteiger partial charge on any atom is -0.494 e. The van der Waals surface area contributed by atoms with Crippen LogP contribution in [0.5, 0.6) is 5.75 Å². The molecule has 2 aromatic rings. The van der Waals surface area contributed by atoms with E-state index < -0.39 is 9.84 Å². The van der Waals surface area contributed by atoms with Gasteiger partial charge in [0.05, 0.1) is 16.4 Å². The van der Waals surface area contributed by atoms with Crippen molar-refractivity contribution in [1.82, 2.24) is 4.90 Å². The Bertz CT molecular complexity index is 1080. The van der Waals surface area contributed by atoms with Crippen LogP contribution >= 0.6 is 0 Å².